The van der Waals surface area contributed by atoms with E-state index < -0.39 is 23.1 Å². The maximum Gasteiger partial charge on any atom is 0.332 e. The van der Waals surface area contributed by atoms with E-state index in [1.54, 1.807) is 0 Å². The number of hydrogen-bond acceptors (Lipinski definition) is 5. The summed E-state index contributed by atoms with van der Waals surface area (Å²) in [5.41, 5.74) is 5.07. The van der Waals surface area contributed by atoms with Crippen LogP contribution in [-0.4, -0.2) is 28.1 Å². The SMILES string of the molecule is Cc1c(CNCCN)sc2c1c(=O)n(C1(C)CC1)c(=O)n2CC1CC1(F)F. The van der Waals surface area contributed by atoms with Gasteiger partial charge in [0.2, 0.25) is 0 Å². The van der Waals surface area contributed by atoms with Crippen molar-refractivity contribution in [1.82, 2.24) is 14.5 Å². The molecule has 0 bridgehead atoms. The van der Waals surface area contributed by atoms with Gasteiger partial charge in [-0.25, -0.2) is 13.6 Å². The lowest BCUT2D eigenvalue weighted by Crippen LogP contribution is -2.44. The molecule has 6 nitrogen and oxygen atoms in total. The van der Waals surface area contributed by atoms with Crippen LogP contribution in [0.2, 0.25) is 0 Å². The lowest BCUT2D eigenvalue weighted by atomic mass is 10.2. The second-order valence-electron chi connectivity index (χ2n) is 7.99. The van der Waals surface area contributed by atoms with Crippen molar-refractivity contribution < 1.29 is 8.78 Å². The fourth-order valence-electron chi connectivity index (χ4n) is 3.59. The first kappa shape index (κ1) is 18.8. The van der Waals surface area contributed by atoms with Gasteiger partial charge in [0.15, 0.2) is 0 Å². The number of hydrogen-bond donors (Lipinski definition) is 2. The number of nitrogens with zero attached hydrogens (tertiary/aromatic N) is 2. The molecule has 1 atom stereocenters. The van der Waals surface area contributed by atoms with Crippen LogP contribution in [0.15, 0.2) is 9.59 Å². The van der Waals surface area contributed by atoms with Gasteiger partial charge in [-0.15, -0.1) is 11.3 Å². The third-order valence-electron chi connectivity index (χ3n) is 5.79. The van der Waals surface area contributed by atoms with Crippen LogP contribution in [0.5, 0.6) is 0 Å². The standard InChI is InChI=1S/C18H24F2N4O2S/c1-10-12(8-22-6-5-21)27-15-13(10)14(25)24(17(2)3-4-17)16(26)23(15)9-11-7-18(11,19)20/h11,22H,3-9,21H2,1-2H3. The zero-order valence-electron chi connectivity index (χ0n) is 15.5. The quantitative estimate of drug-likeness (QED) is 0.696. The highest BCUT2D eigenvalue weighted by molar-refractivity contribution is 7.18. The molecule has 2 aliphatic rings. The van der Waals surface area contributed by atoms with E-state index in [1.807, 2.05) is 13.8 Å². The van der Waals surface area contributed by atoms with Crippen molar-refractivity contribution in [2.24, 2.45) is 11.7 Å². The van der Waals surface area contributed by atoms with Crippen LogP contribution in [0.3, 0.4) is 0 Å². The predicted molar refractivity (Wildman–Crippen MR) is 102 cm³/mol. The summed E-state index contributed by atoms with van der Waals surface area (Å²) >= 11 is 1.34. The Bertz CT molecular complexity index is 1020. The molecule has 4 rings (SSSR count). The molecular weight excluding hydrogens is 374 g/mol. The summed E-state index contributed by atoms with van der Waals surface area (Å²) in [5.74, 6) is -3.55. The van der Waals surface area contributed by atoms with Crippen LogP contribution < -0.4 is 22.3 Å². The van der Waals surface area contributed by atoms with Gasteiger partial charge in [0, 0.05) is 43.4 Å². The van der Waals surface area contributed by atoms with Crippen molar-refractivity contribution in [3.05, 3.63) is 31.3 Å². The maximum atomic E-state index is 13.5. The molecule has 2 fully saturated rings. The lowest BCUT2D eigenvalue weighted by Gasteiger charge is -2.16. The number of thiophene rings is 1. The van der Waals surface area contributed by atoms with E-state index in [1.165, 1.54) is 20.5 Å². The average molecular weight is 398 g/mol. The van der Waals surface area contributed by atoms with Gasteiger partial charge in [-0.2, -0.15) is 0 Å². The predicted octanol–water partition coefficient (Wildman–Crippen LogP) is 1.75. The molecular formula is C18H24F2N4O2S. The second-order valence-corrected chi connectivity index (χ2v) is 9.07. The highest BCUT2D eigenvalue weighted by atomic mass is 32.1. The Hall–Kier alpha value is -1.58. The first-order chi connectivity index (χ1) is 12.7. The molecule has 2 aromatic rings. The van der Waals surface area contributed by atoms with Crippen LogP contribution in [0.4, 0.5) is 8.78 Å². The van der Waals surface area contributed by atoms with Gasteiger partial charge < -0.3 is 11.1 Å². The van der Waals surface area contributed by atoms with Crippen molar-refractivity contribution in [1.29, 1.82) is 0 Å². The molecule has 0 amide bonds. The van der Waals surface area contributed by atoms with Crippen molar-refractivity contribution >= 4 is 21.6 Å². The molecule has 2 heterocycles. The zero-order valence-corrected chi connectivity index (χ0v) is 16.3. The van der Waals surface area contributed by atoms with Gasteiger partial charge in [0.1, 0.15) is 4.83 Å². The minimum absolute atomic E-state index is 0.0473. The van der Waals surface area contributed by atoms with Gasteiger partial charge in [0.05, 0.1) is 10.9 Å². The minimum atomic E-state index is -2.71. The van der Waals surface area contributed by atoms with Gasteiger partial charge in [-0.1, -0.05) is 0 Å². The second kappa shape index (κ2) is 6.22. The van der Waals surface area contributed by atoms with E-state index >= 15 is 0 Å². The van der Waals surface area contributed by atoms with E-state index in [2.05, 4.69) is 5.32 Å². The molecule has 2 aliphatic carbocycles. The Morgan fingerprint density at radius 3 is 2.56 bits per heavy atom. The van der Waals surface area contributed by atoms with Crippen molar-refractivity contribution in [2.75, 3.05) is 13.1 Å². The topological polar surface area (TPSA) is 82.1 Å². The highest BCUT2D eigenvalue weighted by Crippen LogP contribution is 2.50. The number of halogens is 2. The first-order valence-electron chi connectivity index (χ1n) is 9.26. The third-order valence-corrected chi connectivity index (χ3v) is 7.10. The molecule has 0 aromatic carbocycles. The van der Waals surface area contributed by atoms with Crippen LogP contribution in [0.1, 0.15) is 36.6 Å². The summed E-state index contributed by atoms with van der Waals surface area (Å²) < 4.78 is 29.8. The van der Waals surface area contributed by atoms with Crippen LogP contribution in [0, 0.1) is 12.8 Å². The molecule has 0 radical (unpaired) electrons. The first-order valence-corrected chi connectivity index (χ1v) is 10.1. The molecule has 148 valence electrons. The Morgan fingerprint density at radius 2 is 2.00 bits per heavy atom. The third kappa shape index (κ3) is 3.05. The van der Waals surface area contributed by atoms with Crippen molar-refractivity contribution in [3.8, 4) is 0 Å². The number of rotatable bonds is 7. The number of nitrogens with one attached hydrogen (secondary N) is 1. The molecule has 2 saturated carbocycles. The van der Waals surface area contributed by atoms with Gasteiger partial charge >= 0.3 is 5.69 Å². The van der Waals surface area contributed by atoms with Gasteiger partial charge in [-0.3, -0.25) is 13.9 Å². The minimum Gasteiger partial charge on any atom is -0.329 e. The summed E-state index contributed by atoms with van der Waals surface area (Å²) in [6.45, 7) is 5.36. The maximum absolute atomic E-state index is 13.5. The van der Waals surface area contributed by atoms with E-state index in [0.29, 0.717) is 29.9 Å². The average Bonchev–Trinajstić information content (AvgIpc) is 3.43. The molecule has 0 aliphatic heterocycles. The van der Waals surface area contributed by atoms with Gasteiger partial charge in [-0.05, 0) is 32.3 Å². The number of nitrogens with two attached hydrogens (primary N) is 1. The summed E-state index contributed by atoms with van der Waals surface area (Å²) in [5, 5.41) is 3.69. The normalized spacial score (nSPS) is 22.3. The fraction of sp³-hybridized carbons (Fsp3) is 0.667. The summed E-state index contributed by atoms with van der Waals surface area (Å²) in [6, 6.07) is 0. The Morgan fingerprint density at radius 1 is 1.33 bits per heavy atom. The largest absolute Gasteiger partial charge is 0.332 e. The van der Waals surface area contributed by atoms with Crippen LogP contribution in [0.25, 0.3) is 10.2 Å². The Labute approximate surface area is 159 Å². The monoisotopic (exact) mass is 398 g/mol. The van der Waals surface area contributed by atoms with Gasteiger partial charge in [0.25, 0.3) is 11.5 Å². The van der Waals surface area contributed by atoms with E-state index in [0.717, 1.165) is 23.3 Å². The Balaban J connectivity index is 1.89. The molecule has 2 aromatic heterocycles. The highest BCUT2D eigenvalue weighted by Gasteiger charge is 2.57. The van der Waals surface area contributed by atoms with Crippen molar-refractivity contribution in [2.45, 2.75) is 57.7 Å². The molecule has 27 heavy (non-hydrogen) atoms. The Kier molecular flexibility index (Phi) is 4.32. The zero-order chi connectivity index (χ0) is 19.6. The number of fused-ring (bicyclic) bond motifs is 1. The summed E-state index contributed by atoms with van der Waals surface area (Å²) in [7, 11) is 0. The molecule has 0 spiro atoms. The molecule has 3 N–H and O–H groups in total. The van der Waals surface area contributed by atoms with E-state index in [4.69, 9.17) is 5.73 Å². The number of aryl methyl sites for hydroxylation is 1. The van der Waals surface area contributed by atoms with Crippen LogP contribution in [-0.2, 0) is 18.6 Å². The molecule has 0 saturated heterocycles. The van der Waals surface area contributed by atoms with Crippen molar-refractivity contribution in [3.63, 3.8) is 0 Å². The molecule has 1 unspecified atom stereocenters. The van der Waals surface area contributed by atoms with E-state index in [9.17, 15) is 18.4 Å². The number of aromatic nitrogens is 2. The number of alkyl halides is 2. The fourth-order valence-corrected chi connectivity index (χ4v) is 4.86. The summed E-state index contributed by atoms with van der Waals surface area (Å²) in [6.07, 6.45) is 1.30. The smallest absolute Gasteiger partial charge is 0.329 e. The summed E-state index contributed by atoms with van der Waals surface area (Å²) in [4.78, 5) is 27.7. The van der Waals surface area contributed by atoms with Crippen LogP contribution >= 0.6 is 11.3 Å². The lowest BCUT2D eigenvalue weighted by molar-refractivity contribution is 0.0950. The van der Waals surface area contributed by atoms with E-state index in [-0.39, 0.29) is 18.5 Å². The molecule has 9 heteroatoms.